The molecule has 0 aliphatic carbocycles. The van der Waals surface area contributed by atoms with Crippen LogP contribution in [0.3, 0.4) is 0 Å². The average molecular weight is 419 g/mol. The normalized spacial score (nSPS) is 20.0. The van der Waals surface area contributed by atoms with E-state index < -0.39 is 35.3 Å². The van der Waals surface area contributed by atoms with Crippen molar-refractivity contribution in [1.29, 1.82) is 0 Å². The zero-order valence-corrected chi connectivity index (χ0v) is 16.4. The number of H-pyrrole nitrogens is 1. The van der Waals surface area contributed by atoms with Crippen LogP contribution in [0.1, 0.15) is 31.9 Å². The Balaban J connectivity index is 1.65. The molecule has 2 aromatic heterocycles. The number of nitrogens with zero attached hydrogens (tertiary/aromatic N) is 4. The molecule has 1 N–H and O–H groups in total. The second kappa shape index (κ2) is 6.96. The molecule has 10 heteroatoms. The highest BCUT2D eigenvalue weighted by Gasteiger charge is 2.64. The lowest BCUT2D eigenvalue weighted by atomic mass is 9.85. The van der Waals surface area contributed by atoms with Crippen LogP contribution in [0.5, 0.6) is 0 Å². The quantitative estimate of drug-likeness (QED) is 0.700. The van der Waals surface area contributed by atoms with Crippen LogP contribution in [-0.2, 0) is 15.6 Å². The zero-order valence-electron chi connectivity index (χ0n) is 16.4. The third-order valence-corrected chi connectivity index (χ3v) is 5.67. The van der Waals surface area contributed by atoms with Crippen molar-refractivity contribution >= 4 is 5.91 Å². The van der Waals surface area contributed by atoms with Crippen LogP contribution < -0.4 is 0 Å². The molecule has 4 rings (SSSR count). The summed E-state index contributed by atoms with van der Waals surface area (Å²) in [5.41, 5.74) is -2.38. The lowest BCUT2D eigenvalue weighted by Gasteiger charge is -2.31. The van der Waals surface area contributed by atoms with Crippen molar-refractivity contribution < 1.29 is 22.5 Å². The molecule has 7 nitrogen and oxygen atoms in total. The first-order valence-electron chi connectivity index (χ1n) is 9.40. The van der Waals surface area contributed by atoms with Gasteiger partial charge in [-0.1, -0.05) is 35.5 Å². The van der Waals surface area contributed by atoms with Crippen LogP contribution in [0.15, 0.2) is 47.4 Å². The summed E-state index contributed by atoms with van der Waals surface area (Å²) in [5, 5.41) is 3.75. The summed E-state index contributed by atoms with van der Waals surface area (Å²) in [6.45, 7) is 2.65. The molecule has 30 heavy (non-hydrogen) atoms. The molecule has 1 amide bonds. The van der Waals surface area contributed by atoms with Crippen LogP contribution in [-0.4, -0.2) is 50.2 Å². The highest BCUT2D eigenvalue weighted by molar-refractivity contribution is 5.87. The molecule has 1 aliphatic rings. The number of halogens is 3. The molecule has 0 spiro atoms. The van der Waals surface area contributed by atoms with Gasteiger partial charge in [0.1, 0.15) is 0 Å². The summed E-state index contributed by atoms with van der Waals surface area (Å²) in [5.74, 6) is -0.874. The van der Waals surface area contributed by atoms with Crippen molar-refractivity contribution in [2.75, 3.05) is 13.1 Å². The molecule has 0 bridgehead atoms. The summed E-state index contributed by atoms with van der Waals surface area (Å²) in [6, 6.07) is 8.62. The number of benzene rings is 1. The number of hydrogen-bond acceptors (Lipinski definition) is 5. The van der Waals surface area contributed by atoms with Crippen LogP contribution in [0.2, 0.25) is 0 Å². The monoisotopic (exact) mass is 419 g/mol. The number of amides is 1. The van der Waals surface area contributed by atoms with E-state index in [0.29, 0.717) is 11.3 Å². The van der Waals surface area contributed by atoms with Gasteiger partial charge in [-0.2, -0.15) is 18.2 Å². The molecular formula is C20H20F3N5O2. The molecule has 3 heterocycles. The van der Waals surface area contributed by atoms with Gasteiger partial charge in [0.05, 0.1) is 11.7 Å². The number of carbonyl (C=O) groups excluding carboxylic acids is 1. The van der Waals surface area contributed by atoms with E-state index in [1.807, 2.05) is 0 Å². The predicted octanol–water partition coefficient (Wildman–Crippen LogP) is 3.47. The molecule has 1 fully saturated rings. The first kappa shape index (κ1) is 20.1. The number of aromatic amines is 1. The maximum Gasteiger partial charge on any atom is 0.405 e. The van der Waals surface area contributed by atoms with Gasteiger partial charge in [0.2, 0.25) is 17.6 Å². The highest BCUT2D eigenvalue weighted by Crippen LogP contribution is 2.48. The Bertz CT molecular complexity index is 1030. The molecule has 3 aromatic rings. The second-order valence-corrected chi connectivity index (χ2v) is 7.94. The van der Waals surface area contributed by atoms with E-state index in [9.17, 15) is 18.0 Å². The van der Waals surface area contributed by atoms with Gasteiger partial charge in [-0.15, -0.1) is 0 Å². The van der Waals surface area contributed by atoms with Gasteiger partial charge >= 0.3 is 6.18 Å². The van der Waals surface area contributed by atoms with Crippen LogP contribution in [0.25, 0.3) is 11.4 Å². The Labute approximate surface area is 170 Å². The average Bonchev–Trinajstić information content (AvgIpc) is 3.48. The van der Waals surface area contributed by atoms with Gasteiger partial charge < -0.3 is 14.4 Å². The zero-order chi connectivity index (χ0) is 21.6. The van der Waals surface area contributed by atoms with Crippen LogP contribution in [0.4, 0.5) is 13.2 Å². The maximum atomic E-state index is 14.2. The van der Waals surface area contributed by atoms with Gasteiger partial charge in [-0.25, -0.2) is 4.98 Å². The lowest BCUT2D eigenvalue weighted by molar-refractivity contribution is -0.194. The largest absolute Gasteiger partial charge is 0.405 e. The maximum absolute atomic E-state index is 14.2. The standard InChI is InChI=1S/C20H20F3N5O2/c1-18(2,14-10-24-12-25-14)17(29)28-9-8-19(11-28,20(21,22)23)16-26-15(27-30-16)13-6-4-3-5-7-13/h3-7,10,12H,8-9,11H2,1-2H3,(H,24,25). The number of likely N-dealkylation sites (tertiary alicyclic amines) is 1. The molecular weight excluding hydrogens is 399 g/mol. The first-order chi connectivity index (χ1) is 14.1. The number of aromatic nitrogens is 4. The van der Waals surface area contributed by atoms with E-state index in [1.165, 1.54) is 17.4 Å². The van der Waals surface area contributed by atoms with Gasteiger partial charge in [0.25, 0.3) is 0 Å². The van der Waals surface area contributed by atoms with Crippen LogP contribution >= 0.6 is 0 Å². The Kier molecular flexibility index (Phi) is 4.67. The molecule has 1 atom stereocenters. The summed E-state index contributed by atoms with van der Waals surface area (Å²) in [7, 11) is 0. The topological polar surface area (TPSA) is 87.9 Å². The lowest BCUT2D eigenvalue weighted by Crippen LogP contribution is -2.48. The number of imidazole rings is 1. The van der Waals surface area contributed by atoms with Crippen molar-refractivity contribution in [3.8, 4) is 11.4 Å². The SMILES string of the molecule is CC(C)(C(=O)N1CCC(c2nc(-c3ccccc3)no2)(C(F)(F)F)C1)c1cnc[nH]1. The minimum absolute atomic E-state index is 0.0705. The molecule has 158 valence electrons. The smallest absolute Gasteiger partial charge is 0.348 e. The molecule has 0 saturated carbocycles. The van der Waals surface area contributed by atoms with Crippen molar-refractivity contribution in [1.82, 2.24) is 25.0 Å². The fraction of sp³-hybridized carbons (Fsp3) is 0.400. The molecule has 1 aliphatic heterocycles. The Morgan fingerprint density at radius 3 is 2.60 bits per heavy atom. The van der Waals surface area contributed by atoms with Crippen LogP contribution in [0, 0.1) is 0 Å². The third kappa shape index (κ3) is 3.16. The predicted molar refractivity (Wildman–Crippen MR) is 100 cm³/mol. The minimum atomic E-state index is -4.67. The minimum Gasteiger partial charge on any atom is -0.348 e. The van der Waals surface area contributed by atoms with E-state index in [-0.39, 0.29) is 18.8 Å². The highest BCUT2D eigenvalue weighted by atomic mass is 19.4. The summed E-state index contributed by atoms with van der Waals surface area (Å²) in [6.07, 6.45) is -2.09. The van der Waals surface area contributed by atoms with Gasteiger partial charge in [0.15, 0.2) is 5.41 Å². The molecule has 0 radical (unpaired) electrons. The fourth-order valence-corrected chi connectivity index (χ4v) is 3.74. The number of hydrogen-bond donors (Lipinski definition) is 1. The second-order valence-electron chi connectivity index (χ2n) is 7.94. The van der Waals surface area contributed by atoms with E-state index in [0.717, 1.165) is 0 Å². The van der Waals surface area contributed by atoms with E-state index in [1.54, 1.807) is 44.2 Å². The molecule has 1 aromatic carbocycles. The van der Waals surface area contributed by atoms with Gasteiger partial charge in [-0.05, 0) is 20.3 Å². The van der Waals surface area contributed by atoms with E-state index >= 15 is 0 Å². The van der Waals surface area contributed by atoms with Gasteiger partial charge in [0, 0.05) is 30.5 Å². The van der Waals surface area contributed by atoms with Crippen molar-refractivity contribution in [2.24, 2.45) is 0 Å². The van der Waals surface area contributed by atoms with Crippen molar-refractivity contribution in [3.05, 3.63) is 54.4 Å². The summed E-state index contributed by atoms with van der Waals surface area (Å²) < 4.78 is 47.8. The number of rotatable bonds is 4. The molecule has 1 saturated heterocycles. The Morgan fingerprint density at radius 2 is 1.97 bits per heavy atom. The van der Waals surface area contributed by atoms with Gasteiger partial charge in [-0.3, -0.25) is 4.79 Å². The third-order valence-electron chi connectivity index (χ3n) is 5.67. The molecule has 1 unspecified atom stereocenters. The van der Waals surface area contributed by atoms with Crippen molar-refractivity contribution in [2.45, 2.75) is 37.3 Å². The van der Waals surface area contributed by atoms with Crippen molar-refractivity contribution in [3.63, 3.8) is 0 Å². The number of nitrogens with one attached hydrogen (secondary N) is 1. The summed E-state index contributed by atoms with van der Waals surface area (Å²) >= 11 is 0. The van der Waals surface area contributed by atoms with E-state index in [2.05, 4.69) is 20.1 Å². The number of carbonyl (C=O) groups is 1. The van der Waals surface area contributed by atoms with E-state index in [4.69, 9.17) is 4.52 Å². The Hall–Kier alpha value is -3.17. The Morgan fingerprint density at radius 1 is 1.23 bits per heavy atom. The fourth-order valence-electron chi connectivity index (χ4n) is 3.74. The summed E-state index contributed by atoms with van der Waals surface area (Å²) in [4.78, 5) is 25.1. The number of alkyl halides is 3. The first-order valence-corrected chi connectivity index (χ1v) is 9.40.